The summed E-state index contributed by atoms with van der Waals surface area (Å²) in [5.41, 5.74) is 8.69. The van der Waals surface area contributed by atoms with Crippen molar-refractivity contribution in [1.82, 2.24) is 19.8 Å². The fourth-order valence-corrected chi connectivity index (χ4v) is 7.86. The Morgan fingerprint density at radius 3 is 1.93 bits per heavy atom. The predicted octanol–water partition coefficient (Wildman–Crippen LogP) is 6.01. The molecule has 0 amide bonds. The molecule has 10 nitrogen and oxygen atoms in total. The number of aromatic nitrogens is 2. The lowest BCUT2D eigenvalue weighted by atomic mass is 9.65. The van der Waals surface area contributed by atoms with Gasteiger partial charge in [0, 0.05) is 40.5 Å². The Morgan fingerprint density at radius 2 is 1.41 bits per heavy atom. The summed E-state index contributed by atoms with van der Waals surface area (Å²) in [6.45, 7) is 14.1. The molecule has 6 saturated heterocycles. The van der Waals surface area contributed by atoms with Crippen molar-refractivity contribution in [2.24, 2.45) is 23.5 Å². The van der Waals surface area contributed by atoms with E-state index in [0.717, 1.165) is 27.9 Å². The molecule has 2 atom stereocenters. The van der Waals surface area contributed by atoms with Crippen molar-refractivity contribution in [3.8, 4) is 0 Å². The van der Waals surface area contributed by atoms with Crippen LogP contribution in [0.25, 0.3) is 21.9 Å². The second-order valence-corrected chi connectivity index (χ2v) is 13.7. The van der Waals surface area contributed by atoms with E-state index in [9.17, 15) is 4.79 Å². The van der Waals surface area contributed by atoms with Gasteiger partial charge in [-0.1, -0.05) is 0 Å². The number of fused-ring (bicyclic) bond motifs is 8. The van der Waals surface area contributed by atoms with Gasteiger partial charge in [-0.05, 0) is 122 Å². The maximum Gasteiger partial charge on any atom is 0.373 e. The lowest BCUT2D eigenvalue weighted by Crippen LogP contribution is -2.67. The van der Waals surface area contributed by atoms with Crippen molar-refractivity contribution in [1.29, 1.82) is 0 Å². The number of carbonyl (C=O) groups excluding carboxylic acids is 3. The predicted molar refractivity (Wildman–Crippen MR) is 177 cm³/mol. The second kappa shape index (κ2) is 15.0. The van der Waals surface area contributed by atoms with Gasteiger partial charge in [0.2, 0.25) is 0 Å². The van der Waals surface area contributed by atoms with E-state index in [2.05, 4.69) is 47.5 Å². The first-order valence-electron chi connectivity index (χ1n) is 15.9. The molecule has 4 aromatic rings. The molecule has 0 radical (unpaired) electrons. The van der Waals surface area contributed by atoms with E-state index >= 15 is 0 Å². The van der Waals surface area contributed by atoms with Crippen LogP contribution in [0.3, 0.4) is 0 Å². The van der Waals surface area contributed by atoms with Gasteiger partial charge in [-0.25, -0.2) is 4.98 Å². The summed E-state index contributed by atoms with van der Waals surface area (Å²) >= 11 is 0. The molecule has 0 aromatic carbocycles. The molecule has 0 unspecified atom stereocenters. The van der Waals surface area contributed by atoms with Gasteiger partial charge in [0.05, 0.1) is 24.9 Å². The van der Waals surface area contributed by atoms with Gasteiger partial charge in [0.15, 0.2) is 16.9 Å². The lowest BCUT2D eigenvalue weighted by Gasteiger charge is -2.56. The second-order valence-electron chi connectivity index (χ2n) is 13.7. The van der Waals surface area contributed by atoms with Crippen molar-refractivity contribution >= 4 is 46.3 Å². The van der Waals surface area contributed by atoms with Crippen molar-refractivity contribution in [3.05, 3.63) is 61.1 Å². The van der Waals surface area contributed by atoms with Crippen molar-refractivity contribution < 1.29 is 23.2 Å². The van der Waals surface area contributed by atoms with Crippen LogP contribution >= 0.6 is 12.4 Å². The number of pyridine rings is 2. The van der Waals surface area contributed by atoms with E-state index in [-0.39, 0.29) is 35.4 Å². The minimum atomic E-state index is 0. The summed E-state index contributed by atoms with van der Waals surface area (Å²) in [5, 5.41) is 2.05. The highest BCUT2D eigenvalue weighted by molar-refractivity contribution is 5.97. The number of nitrogens with two attached hydrogens (primary N) is 1. The largest absolute Gasteiger partial charge is 0.463 e. The summed E-state index contributed by atoms with van der Waals surface area (Å²) in [5.74, 6) is 2.08. The van der Waals surface area contributed by atoms with Gasteiger partial charge >= 0.3 is 6.15 Å². The molecule has 0 aliphatic carbocycles. The first-order valence-corrected chi connectivity index (χ1v) is 15.9. The maximum absolute atomic E-state index is 12.7. The molecule has 6 aliphatic rings. The van der Waals surface area contributed by atoms with Gasteiger partial charge < -0.3 is 14.6 Å². The third-order valence-corrected chi connectivity index (χ3v) is 10.8. The Balaban J connectivity index is 0.000000167. The van der Waals surface area contributed by atoms with Crippen molar-refractivity contribution in [3.63, 3.8) is 0 Å². The molecule has 4 aromatic heterocycles. The zero-order valence-corrected chi connectivity index (χ0v) is 28.0. The van der Waals surface area contributed by atoms with E-state index in [0.29, 0.717) is 30.0 Å². The minimum absolute atomic E-state index is 0. The third-order valence-electron chi connectivity index (χ3n) is 10.8. The van der Waals surface area contributed by atoms with Gasteiger partial charge in [0.25, 0.3) is 0 Å². The average molecular weight is 652 g/mol. The molecule has 10 rings (SSSR count). The van der Waals surface area contributed by atoms with E-state index in [1.807, 2.05) is 24.3 Å². The molecule has 0 saturated carbocycles. The number of halogens is 1. The Morgan fingerprint density at radius 1 is 0.870 bits per heavy atom. The van der Waals surface area contributed by atoms with Crippen LogP contribution in [0.5, 0.6) is 0 Å². The third kappa shape index (κ3) is 7.42. The molecule has 46 heavy (non-hydrogen) atoms. The van der Waals surface area contributed by atoms with Gasteiger partial charge in [-0.3, -0.25) is 19.6 Å². The Hall–Kier alpha value is -3.40. The fraction of sp³-hybridized carbons (Fsp3) is 0.543. The van der Waals surface area contributed by atoms with Crippen LogP contribution in [0.15, 0.2) is 64.2 Å². The normalized spacial score (nSPS) is 27.8. The maximum atomic E-state index is 12.7. The molecule has 0 spiro atoms. The van der Waals surface area contributed by atoms with Crippen LogP contribution in [-0.4, -0.2) is 75.0 Å². The molecular formula is C35H46ClN5O5. The number of Topliss-reactive ketones (excluding diaryl/α,β-unsaturated/α-hetero) is 1. The molecular weight excluding hydrogens is 606 g/mol. The summed E-state index contributed by atoms with van der Waals surface area (Å²) in [6, 6.07) is 7.97. The van der Waals surface area contributed by atoms with Crippen LogP contribution in [-0.2, 0) is 9.59 Å². The summed E-state index contributed by atoms with van der Waals surface area (Å²) < 4.78 is 10.4. The quantitative estimate of drug-likeness (QED) is 0.263. The highest BCUT2D eigenvalue weighted by atomic mass is 35.5. The number of nitrogens with zero attached hydrogens (tertiary/aromatic N) is 4. The molecule has 10 heterocycles. The number of piperidine rings is 6. The smallest absolute Gasteiger partial charge is 0.373 e. The molecule has 11 heteroatoms. The Bertz CT molecular complexity index is 1580. The summed E-state index contributed by atoms with van der Waals surface area (Å²) in [6.07, 6.45) is 14.4. The van der Waals surface area contributed by atoms with E-state index in [4.69, 9.17) is 24.2 Å². The minimum Gasteiger partial charge on any atom is -0.463 e. The number of rotatable bonds is 3. The van der Waals surface area contributed by atoms with Crippen LogP contribution in [0.4, 0.5) is 0 Å². The number of ketones is 1. The first-order chi connectivity index (χ1) is 21.6. The topological polar surface area (TPSA) is 136 Å². The SMILES string of the molecule is CC1(C)[C@@H](CC(=O)c2cc3ccoc3cn2)C2CCN1CC2.CC1(C)[C@@H](N)C2CCN1CC2.Cl.O=C=O.c1cc2ccoc2cn1. The zero-order chi connectivity index (χ0) is 32.2. The molecule has 4 bridgehead atoms. The molecule has 2 N–H and O–H groups in total. The van der Waals surface area contributed by atoms with Crippen LogP contribution in [0.1, 0.15) is 70.3 Å². The van der Waals surface area contributed by atoms with Crippen LogP contribution in [0, 0.1) is 17.8 Å². The van der Waals surface area contributed by atoms with Crippen LogP contribution < -0.4 is 5.73 Å². The monoisotopic (exact) mass is 651 g/mol. The molecule has 6 fully saturated rings. The molecule has 6 aliphatic heterocycles. The number of carbonyl (C=O) groups is 1. The van der Waals surface area contributed by atoms with Crippen molar-refractivity contribution in [2.45, 2.75) is 76.9 Å². The Labute approximate surface area is 276 Å². The summed E-state index contributed by atoms with van der Waals surface area (Å²) in [7, 11) is 0. The van der Waals surface area contributed by atoms with Gasteiger partial charge in [0.1, 0.15) is 5.69 Å². The molecule has 248 valence electrons. The lowest BCUT2D eigenvalue weighted by molar-refractivity contribution is -0.191. The standard InChI is InChI=1S/C18H22N2O2.C9H18N2.C7H5NO.CO2.ClH/c1-18(2)14(12-3-6-20(18)7-4-12)10-16(21)15-9-13-5-8-22-17(13)11-19-15;1-9(2)8(10)7-3-5-11(9)6-4-7;1-3-8-5-7-6(1)2-4-9-7;2-1-3;/h5,8-9,11-12,14H,3-4,6-7,10H2,1-2H3;7-8H,3-6,10H2,1-2H3;1-5H;;1H/t14-;8-;;;/m00.../s1. The number of hydrogen-bond acceptors (Lipinski definition) is 10. The average Bonchev–Trinajstić information content (AvgIpc) is 3.72. The summed E-state index contributed by atoms with van der Waals surface area (Å²) in [4.78, 5) is 42.3. The Kier molecular flexibility index (Phi) is 11.6. The first kappa shape index (κ1) is 35.5. The fourth-order valence-electron chi connectivity index (χ4n) is 7.86. The highest BCUT2D eigenvalue weighted by Crippen LogP contribution is 2.45. The van der Waals surface area contributed by atoms with E-state index in [1.165, 1.54) is 51.9 Å². The number of furan rings is 2. The zero-order valence-electron chi connectivity index (χ0n) is 27.2. The van der Waals surface area contributed by atoms with Crippen molar-refractivity contribution in [2.75, 3.05) is 26.2 Å². The van der Waals surface area contributed by atoms with Gasteiger partial charge in [-0.15, -0.1) is 12.4 Å². The van der Waals surface area contributed by atoms with Crippen LogP contribution in [0.2, 0.25) is 0 Å². The highest BCUT2D eigenvalue weighted by Gasteiger charge is 2.48. The van der Waals surface area contributed by atoms with E-state index < -0.39 is 0 Å². The number of hydrogen-bond donors (Lipinski definition) is 1. The van der Waals surface area contributed by atoms with E-state index in [1.54, 1.807) is 31.1 Å². The van der Waals surface area contributed by atoms with Gasteiger partial charge in [-0.2, -0.15) is 9.59 Å².